The average Bonchev–Trinajstić information content (AvgIpc) is 2.17. The molecule has 0 fully saturated rings. The SMILES string of the molecule is COc1ccc([C@H](C)B(C)C)cc1. The summed E-state index contributed by atoms with van der Waals surface area (Å²) in [7, 11) is 1.70. The van der Waals surface area contributed by atoms with Crippen LogP contribution < -0.4 is 4.74 Å². The minimum absolute atomic E-state index is 0.617. The molecule has 0 saturated heterocycles. The summed E-state index contributed by atoms with van der Waals surface area (Å²) in [5, 5.41) is 0. The van der Waals surface area contributed by atoms with Gasteiger partial charge < -0.3 is 4.74 Å². The van der Waals surface area contributed by atoms with E-state index in [4.69, 9.17) is 4.74 Å². The van der Waals surface area contributed by atoms with Crippen molar-refractivity contribution in [3.63, 3.8) is 0 Å². The van der Waals surface area contributed by atoms with E-state index >= 15 is 0 Å². The van der Waals surface area contributed by atoms with Gasteiger partial charge in [-0.3, -0.25) is 0 Å². The molecule has 70 valence electrons. The van der Waals surface area contributed by atoms with Gasteiger partial charge in [-0.2, -0.15) is 0 Å². The Balaban J connectivity index is 2.79. The molecule has 0 N–H and O–H groups in total. The highest BCUT2D eigenvalue weighted by molar-refractivity contribution is 6.57. The van der Waals surface area contributed by atoms with Crippen LogP contribution in [0.2, 0.25) is 13.6 Å². The summed E-state index contributed by atoms with van der Waals surface area (Å²) in [6.07, 6.45) is 0. The van der Waals surface area contributed by atoms with Crippen molar-refractivity contribution < 1.29 is 4.74 Å². The number of hydrogen-bond acceptors (Lipinski definition) is 1. The number of ether oxygens (including phenoxy) is 1. The van der Waals surface area contributed by atoms with Crippen LogP contribution in [0.3, 0.4) is 0 Å². The van der Waals surface area contributed by atoms with Crippen LogP contribution in [0.5, 0.6) is 5.75 Å². The Hall–Kier alpha value is -0.915. The summed E-state index contributed by atoms with van der Waals surface area (Å²) in [4.78, 5) is 0. The fourth-order valence-electron chi connectivity index (χ4n) is 1.29. The zero-order chi connectivity index (χ0) is 9.84. The monoisotopic (exact) mass is 176 g/mol. The normalized spacial score (nSPS) is 12.3. The molecule has 0 unspecified atom stereocenters. The average molecular weight is 176 g/mol. The van der Waals surface area contributed by atoms with E-state index in [0.717, 1.165) is 5.75 Å². The van der Waals surface area contributed by atoms with Crippen LogP contribution in [0.25, 0.3) is 0 Å². The minimum Gasteiger partial charge on any atom is -0.497 e. The van der Waals surface area contributed by atoms with Gasteiger partial charge in [0.1, 0.15) is 12.5 Å². The van der Waals surface area contributed by atoms with Gasteiger partial charge in [0.15, 0.2) is 0 Å². The van der Waals surface area contributed by atoms with Crippen molar-refractivity contribution in [1.29, 1.82) is 0 Å². The summed E-state index contributed by atoms with van der Waals surface area (Å²) < 4.78 is 5.11. The van der Waals surface area contributed by atoms with Crippen molar-refractivity contribution in [3.05, 3.63) is 29.8 Å². The highest BCUT2D eigenvalue weighted by atomic mass is 16.5. The molecule has 1 atom stereocenters. The maximum absolute atomic E-state index is 5.11. The molecule has 2 heteroatoms. The van der Waals surface area contributed by atoms with Gasteiger partial charge >= 0.3 is 0 Å². The topological polar surface area (TPSA) is 9.23 Å². The summed E-state index contributed by atoms with van der Waals surface area (Å²) in [5.41, 5.74) is 1.39. The Kier molecular flexibility index (Phi) is 3.41. The third-order valence-corrected chi connectivity index (χ3v) is 2.64. The van der Waals surface area contributed by atoms with E-state index in [1.807, 2.05) is 12.1 Å². The van der Waals surface area contributed by atoms with Gasteiger partial charge in [0.25, 0.3) is 0 Å². The molecular formula is C11H17BO. The fraction of sp³-hybridized carbons (Fsp3) is 0.455. The van der Waals surface area contributed by atoms with E-state index in [9.17, 15) is 0 Å². The quantitative estimate of drug-likeness (QED) is 0.643. The molecule has 0 aliphatic rings. The first-order chi connectivity index (χ1) is 6.15. The van der Waals surface area contributed by atoms with Crippen molar-refractivity contribution >= 4 is 6.71 Å². The van der Waals surface area contributed by atoms with Crippen LogP contribution in [-0.4, -0.2) is 13.8 Å². The molecule has 0 aromatic heterocycles. The van der Waals surface area contributed by atoms with Gasteiger partial charge in [-0.05, 0) is 17.9 Å². The molecule has 1 aromatic rings. The Morgan fingerprint density at radius 1 is 1.15 bits per heavy atom. The number of hydrogen-bond donors (Lipinski definition) is 0. The van der Waals surface area contributed by atoms with Gasteiger partial charge in [-0.15, -0.1) is 0 Å². The molecule has 1 rings (SSSR count). The van der Waals surface area contributed by atoms with Gasteiger partial charge in [-0.25, -0.2) is 0 Å². The molecule has 0 spiro atoms. The Labute approximate surface area is 81.2 Å². The standard InChI is InChI=1S/C11H17BO/c1-9(12(2)3)10-5-7-11(13-4)8-6-10/h5-9H,1-4H3/t9-/m0/s1. The lowest BCUT2D eigenvalue weighted by atomic mass is 9.44. The van der Waals surface area contributed by atoms with E-state index in [2.05, 4.69) is 32.7 Å². The maximum Gasteiger partial charge on any atom is 0.141 e. The highest BCUT2D eigenvalue weighted by Gasteiger charge is 2.12. The molecule has 0 heterocycles. The van der Waals surface area contributed by atoms with Crippen LogP contribution in [0, 0.1) is 0 Å². The summed E-state index contributed by atoms with van der Waals surface area (Å²) in [6, 6.07) is 8.33. The molecule has 13 heavy (non-hydrogen) atoms. The van der Waals surface area contributed by atoms with Gasteiger partial charge in [0.05, 0.1) is 7.11 Å². The van der Waals surface area contributed by atoms with Crippen LogP contribution in [-0.2, 0) is 0 Å². The molecule has 1 nitrogen and oxygen atoms in total. The Morgan fingerprint density at radius 2 is 1.69 bits per heavy atom. The van der Waals surface area contributed by atoms with Crippen molar-refractivity contribution in [1.82, 2.24) is 0 Å². The lowest BCUT2D eigenvalue weighted by Gasteiger charge is -2.13. The first-order valence-electron chi connectivity index (χ1n) is 4.79. The predicted octanol–water partition coefficient (Wildman–Crippen LogP) is 3.09. The van der Waals surface area contributed by atoms with E-state index in [0.29, 0.717) is 12.5 Å². The number of rotatable bonds is 3. The lowest BCUT2D eigenvalue weighted by Crippen LogP contribution is -2.12. The number of methoxy groups -OCH3 is 1. The van der Waals surface area contributed by atoms with Crippen molar-refractivity contribution in [2.75, 3.05) is 7.11 Å². The first-order valence-corrected chi connectivity index (χ1v) is 4.79. The summed E-state index contributed by atoms with van der Waals surface area (Å²) in [6.45, 7) is 7.43. The van der Waals surface area contributed by atoms with Gasteiger partial charge in [0, 0.05) is 0 Å². The van der Waals surface area contributed by atoms with Crippen molar-refractivity contribution in [3.8, 4) is 5.75 Å². The summed E-state index contributed by atoms with van der Waals surface area (Å²) >= 11 is 0. The molecule has 0 amide bonds. The molecule has 0 bridgehead atoms. The molecule has 0 radical (unpaired) electrons. The Morgan fingerprint density at radius 3 is 2.08 bits per heavy atom. The lowest BCUT2D eigenvalue weighted by molar-refractivity contribution is 0.414. The van der Waals surface area contributed by atoms with E-state index in [1.54, 1.807) is 7.11 Å². The van der Waals surface area contributed by atoms with Crippen LogP contribution >= 0.6 is 0 Å². The smallest absolute Gasteiger partial charge is 0.141 e. The van der Waals surface area contributed by atoms with E-state index < -0.39 is 0 Å². The second kappa shape index (κ2) is 4.36. The fourth-order valence-corrected chi connectivity index (χ4v) is 1.29. The molecule has 0 saturated carbocycles. The number of benzene rings is 1. The van der Waals surface area contributed by atoms with Gasteiger partial charge in [0.2, 0.25) is 0 Å². The first kappa shape index (κ1) is 10.2. The third-order valence-electron chi connectivity index (χ3n) is 2.64. The molecular weight excluding hydrogens is 159 g/mol. The van der Waals surface area contributed by atoms with Gasteiger partial charge in [-0.1, -0.05) is 38.3 Å². The van der Waals surface area contributed by atoms with E-state index in [1.165, 1.54) is 5.56 Å². The molecule has 0 aliphatic heterocycles. The van der Waals surface area contributed by atoms with Crippen LogP contribution in [0.15, 0.2) is 24.3 Å². The highest BCUT2D eigenvalue weighted by Crippen LogP contribution is 2.20. The zero-order valence-corrected chi connectivity index (χ0v) is 8.87. The minimum atomic E-state index is 0.617. The third kappa shape index (κ3) is 2.51. The molecule has 0 aliphatic carbocycles. The Bertz CT molecular complexity index is 253. The largest absolute Gasteiger partial charge is 0.497 e. The zero-order valence-electron chi connectivity index (χ0n) is 8.87. The van der Waals surface area contributed by atoms with E-state index in [-0.39, 0.29) is 0 Å². The van der Waals surface area contributed by atoms with Crippen molar-refractivity contribution in [2.24, 2.45) is 0 Å². The van der Waals surface area contributed by atoms with Crippen molar-refractivity contribution in [2.45, 2.75) is 26.4 Å². The molecule has 1 aromatic carbocycles. The second-order valence-electron chi connectivity index (χ2n) is 3.81. The van der Waals surface area contributed by atoms with Crippen LogP contribution in [0.1, 0.15) is 18.3 Å². The summed E-state index contributed by atoms with van der Waals surface area (Å²) in [5.74, 6) is 1.55. The predicted molar refractivity (Wildman–Crippen MR) is 58.9 cm³/mol. The van der Waals surface area contributed by atoms with Crippen LogP contribution in [0.4, 0.5) is 0 Å². The second-order valence-corrected chi connectivity index (χ2v) is 3.81. The maximum atomic E-state index is 5.11.